The fraction of sp³-hybridized carbons (Fsp3) is 0.412. The van der Waals surface area contributed by atoms with Crippen molar-refractivity contribution in [3.63, 3.8) is 0 Å². The van der Waals surface area contributed by atoms with Gasteiger partial charge >= 0.3 is 5.97 Å². The van der Waals surface area contributed by atoms with Crippen molar-refractivity contribution in [2.45, 2.75) is 19.4 Å². The lowest BCUT2D eigenvalue weighted by Gasteiger charge is -2.19. The molecule has 2 heterocycles. The lowest BCUT2D eigenvalue weighted by Crippen LogP contribution is -2.24. The maximum absolute atomic E-state index is 12.7. The van der Waals surface area contributed by atoms with Crippen molar-refractivity contribution < 1.29 is 9.53 Å². The normalized spacial score (nSPS) is 18.5. The smallest absolute Gasteiger partial charge is 0.343 e. The molecule has 0 saturated carbocycles. The zero-order valence-electron chi connectivity index (χ0n) is 13.2. The fourth-order valence-corrected chi connectivity index (χ4v) is 3.61. The first kappa shape index (κ1) is 16.4. The van der Waals surface area contributed by atoms with E-state index in [0.29, 0.717) is 5.39 Å². The molecule has 1 unspecified atom stereocenters. The van der Waals surface area contributed by atoms with Crippen molar-refractivity contribution in [3.05, 3.63) is 43.8 Å². The van der Waals surface area contributed by atoms with Gasteiger partial charge in [0.25, 0.3) is 0 Å². The highest BCUT2D eigenvalue weighted by Crippen LogP contribution is 2.25. The van der Waals surface area contributed by atoms with Crippen molar-refractivity contribution in [1.29, 1.82) is 0 Å². The molecule has 1 aliphatic rings. The van der Waals surface area contributed by atoms with E-state index in [1.54, 1.807) is 13.1 Å². The molecule has 2 aromatic rings. The van der Waals surface area contributed by atoms with E-state index in [9.17, 15) is 9.59 Å². The van der Waals surface area contributed by atoms with Gasteiger partial charge in [0.2, 0.25) is 5.43 Å². The minimum Gasteiger partial charge on any atom is -0.462 e. The standard InChI is InChI=1S/C17H19IN2O3/c1-3-23-17(22)14-10-20(12-6-7-19(2)9-12)15-5-4-11(18)8-13(15)16(14)21/h4-5,8,10,12H,3,6-7,9H2,1-2H3. The summed E-state index contributed by atoms with van der Waals surface area (Å²) < 4.78 is 8.11. The molecule has 1 fully saturated rings. The first-order chi connectivity index (χ1) is 11.0. The van der Waals surface area contributed by atoms with E-state index in [4.69, 9.17) is 4.74 Å². The van der Waals surface area contributed by atoms with Crippen LogP contribution in [0.3, 0.4) is 0 Å². The van der Waals surface area contributed by atoms with Crippen molar-refractivity contribution >= 4 is 39.5 Å². The van der Waals surface area contributed by atoms with E-state index < -0.39 is 5.97 Å². The van der Waals surface area contributed by atoms with Gasteiger partial charge in [0.15, 0.2) is 0 Å². The average Bonchev–Trinajstić information content (AvgIpc) is 2.94. The highest BCUT2D eigenvalue weighted by molar-refractivity contribution is 14.1. The Bertz CT molecular complexity index is 815. The zero-order chi connectivity index (χ0) is 16.6. The van der Waals surface area contributed by atoms with Crippen LogP contribution in [0.2, 0.25) is 0 Å². The molecule has 1 aromatic heterocycles. The van der Waals surface area contributed by atoms with E-state index in [1.165, 1.54) is 0 Å². The number of likely N-dealkylation sites (N-methyl/N-ethyl adjacent to an activating group) is 1. The third-order valence-corrected chi connectivity index (χ3v) is 4.92. The molecule has 0 spiro atoms. The topological polar surface area (TPSA) is 51.5 Å². The van der Waals surface area contributed by atoms with Crippen LogP contribution < -0.4 is 5.43 Å². The third kappa shape index (κ3) is 3.14. The van der Waals surface area contributed by atoms with Gasteiger partial charge < -0.3 is 14.2 Å². The molecule has 0 bridgehead atoms. The number of carbonyl (C=O) groups excluding carboxylic acids is 1. The molecule has 1 aliphatic heterocycles. The lowest BCUT2D eigenvalue weighted by atomic mass is 10.1. The van der Waals surface area contributed by atoms with Gasteiger partial charge in [-0.25, -0.2) is 4.79 Å². The van der Waals surface area contributed by atoms with Crippen LogP contribution >= 0.6 is 22.6 Å². The molecular formula is C17H19IN2O3. The number of halogens is 1. The Morgan fingerprint density at radius 1 is 1.43 bits per heavy atom. The molecule has 0 radical (unpaired) electrons. The predicted octanol–water partition coefficient (Wildman–Crippen LogP) is 2.66. The van der Waals surface area contributed by atoms with Gasteiger partial charge in [-0.1, -0.05) is 0 Å². The molecule has 0 amide bonds. The fourth-order valence-electron chi connectivity index (χ4n) is 3.12. The van der Waals surface area contributed by atoms with Crippen molar-refractivity contribution in [3.8, 4) is 0 Å². The van der Waals surface area contributed by atoms with Crippen LogP contribution in [0.15, 0.2) is 29.2 Å². The van der Waals surface area contributed by atoms with Gasteiger partial charge in [0.05, 0.1) is 12.1 Å². The van der Waals surface area contributed by atoms with Gasteiger partial charge in [-0.3, -0.25) is 4.79 Å². The minimum atomic E-state index is -0.543. The molecule has 1 saturated heterocycles. The molecule has 23 heavy (non-hydrogen) atoms. The van der Waals surface area contributed by atoms with Gasteiger partial charge in [-0.15, -0.1) is 0 Å². The predicted molar refractivity (Wildman–Crippen MR) is 98.0 cm³/mol. The second kappa shape index (κ2) is 6.60. The Hall–Kier alpha value is -1.41. The highest BCUT2D eigenvalue weighted by Gasteiger charge is 2.24. The average molecular weight is 426 g/mol. The van der Waals surface area contributed by atoms with Gasteiger partial charge in [0.1, 0.15) is 5.56 Å². The number of carbonyl (C=O) groups is 1. The van der Waals surface area contributed by atoms with E-state index in [0.717, 1.165) is 28.6 Å². The molecule has 1 atom stereocenters. The lowest BCUT2D eigenvalue weighted by molar-refractivity contribution is 0.0524. The Kier molecular flexibility index (Phi) is 4.72. The Morgan fingerprint density at radius 3 is 2.87 bits per heavy atom. The van der Waals surface area contributed by atoms with Crippen molar-refractivity contribution in [2.75, 3.05) is 26.7 Å². The van der Waals surface area contributed by atoms with Crippen LogP contribution in [0.5, 0.6) is 0 Å². The molecule has 0 aliphatic carbocycles. The van der Waals surface area contributed by atoms with Crippen LogP contribution in [-0.2, 0) is 4.74 Å². The summed E-state index contributed by atoms with van der Waals surface area (Å²) in [6, 6.07) is 6.06. The first-order valence-electron chi connectivity index (χ1n) is 7.71. The number of hydrogen-bond acceptors (Lipinski definition) is 4. The number of ether oxygens (including phenoxy) is 1. The summed E-state index contributed by atoms with van der Waals surface area (Å²) in [5.74, 6) is -0.543. The van der Waals surface area contributed by atoms with E-state index in [-0.39, 0.29) is 23.6 Å². The molecule has 122 valence electrons. The number of fused-ring (bicyclic) bond motifs is 1. The molecule has 5 nitrogen and oxygen atoms in total. The molecule has 6 heteroatoms. The number of benzene rings is 1. The highest BCUT2D eigenvalue weighted by atomic mass is 127. The summed E-state index contributed by atoms with van der Waals surface area (Å²) in [7, 11) is 2.08. The third-order valence-electron chi connectivity index (χ3n) is 4.25. The van der Waals surface area contributed by atoms with Crippen LogP contribution in [0.25, 0.3) is 10.9 Å². The summed E-state index contributed by atoms with van der Waals surface area (Å²) in [6.45, 7) is 3.92. The molecule has 0 N–H and O–H groups in total. The monoisotopic (exact) mass is 426 g/mol. The van der Waals surface area contributed by atoms with Crippen molar-refractivity contribution in [1.82, 2.24) is 9.47 Å². The van der Waals surface area contributed by atoms with Crippen molar-refractivity contribution in [2.24, 2.45) is 0 Å². The van der Waals surface area contributed by atoms with Crippen LogP contribution in [0.1, 0.15) is 29.7 Å². The van der Waals surface area contributed by atoms with Crippen LogP contribution in [0.4, 0.5) is 0 Å². The van der Waals surface area contributed by atoms with Crippen LogP contribution in [-0.4, -0.2) is 42.2 Å². The summed E-state index contributed by atoms with van der Waals surface area (Å²) in [5.41, 5.74) is 0.749. The van der Waals surface area contributed by atoms with Crippen LogP contribution in [0, 0.1) is 3.57 Å². The van der Waals surface area contributed by atoms with E-state index in [2.05, 4.69) is 39.1 Å². The van der Waals surface area contributed by atoms with E-state index in [1.807, 2.05) is 18.2 Å². The second-order valence-electron chi connectivity index (χ2n) is 5.87. The Labute approximate surface area is 148 Å². The summed E-state index contributed by atoms with van der Waals surface area (Å²) in [6.07, 6.45) is 2.68. The number of hydrogen-bond donors (Lipinski definition) is 0. The maximum atomic E-state index is 12.7. The summed E-state index contributed by atoms with van der Waals surface area (Å²) >= 11 is 2.18. The number of aromatic nitrogens is 1. The van der Waals surface area contributed by atoms with Gasteiger partial charge in [-0.2, -0.15) is 0 Å². The molecule has 3 rings (SSSR count). The number of likely N-dealkylation sites (tertiary alicyclic amines) is 1. The number of rotatable bonds is 3. The SMILES string of the molecule is CCOC(=O)c1cn(C2CCN(C)C2)c2ccc(I)cc2c1=O. The summed E-state index contributed by atoms with van der Waals surface area (Å²) in [5, 5.41) is 0.581. The van der Waals surface area contributed by atoms with Gasteiger partial charge in [-0.05, 0) is 67.7 Å². The molecule has 1 aromatic carbocycles. The van der Waals surface area contributed by atoms with E-state index >= 15 is 0 Å². The quantitative estimate of drug-likeness (QED) is 0.560. The zero-order valence-corrected chi connectivity index (χ0v) is 15.4. The number of esters is 1. The number of pyridine rings is 1. The molecular weight excluding hydrogens is 407 g/mol. The first-order valence-corrected chi connectivity index (χ1v) is 8.79. The maximum Gasteiger partial charge on any atom is 0.343 e. The van der Waals surface area contributed by atoms with Gasteiger partial charge in [0, 0.05) is 27.7 Å². The minimum absolute atomic E-state index is 0.121. The summed E-state index contributed by atoms with van der Waals surface area (Å²) in [4.78, 5) is 27.1. The second-order valence-corrected chi connectivity index (χ2v) is 7.11. The largest absolute Gasteiger partial charge is 0.462 e. The Morgan fingerprint density at radius 2 is 2.22 bits per heavy atom. The Balaban J connectivity index is 2.23. The number of nitrogens with zero attached hydrogens (tertiary/aromatic N) is 2.